The van der Waals surface area contributed by atoms with E-state index >= 15 is 0 Å². The highest BCUT2D eigenvalue weighted by Crippen LogP contribution is 2.29. The zero-order valence-corrected chi connectivity index (χ0v) is 11.2. The highest BCUT2D eigenvalue weighted by Gasteiger charge is 2.25. The first kappa shape index (κ1) is 14.4. The van der Waals surface area contributed by atoms with Gasteiger partial charge in [-0.3, -0.25) is 14.9 Å². The maximum absolute atomic E-state index is 13.5. The molecule has 0 unspecified atom stereocenters. The lowest BCUT2D eigenvalue weighted by Gasteiger charge is -2.27. The van der Waals surface area contributed by atoms with Crippen LogP contribution in [-0.4, -0.2) is 16.8 Å². The average molecular weight is 281 g/mol. The largest absolute Gasteiger partial charge is 0.490 e. The zero-order chi connectivity index (χ0) is 14.7. The molecule has 0 atom stereocenters. The fourth-order valence-electron chi connectivity index (χ4n) is 2.49. The van der Waals surface area contributed by atoms with E-state index in [0.29, 0.717) is 5.75 Å². The minimum atomic E-state index is -0.898. The van der Waals surface area contributed by atoms with Crippen LogP contribution in [0.1, 0.15) is 32.6 Å². The van der Waals surface area contributed by atoms with Gasteiger partial charge in [0.25, 0.3) is 0 Å². The number of halogens is 1. The van der Waals surface area contributed by atoms with Crippen molar-refractivity contribution in [1.82, 2.24) is 0 Å². The van der Waals surface area contributed by atoms with Gasteiger partial charge in [0.15, 0.2) is 0 Å². The molecule has 5 nitrogen and oxygen atoms in total. The highest BCUT2D eigenvalue weighted by molar-refractivity contribution is 5.78. The second-order valence-corrected chi connectivity index (χ2v) is 5.07. The van der Waals surface area contributed by atoms with Crippen LogP contribution < -0.4 is 4.74 Å². The maximum atomic E-state index is 13.5. The lowest BCUT2D eigenvalue weighted by atomic mass is 9.85. The number of carbonyl (C=O) groups is 1. The van der Waals surface area contributed by atoms with E-state index in [-0.39, 0.29) is 17.8 Å². The molecule has 6 heteroatoms. The molecule has 1 aromatic carbocycles. The SMILES string of the molecule is CC(=O)C1CCC(Oc2ccc([N+](=O)[O-])c(F)c2)CC1. The van der Waals surface area contributed by atoms with Gasteiger partial charge < -0.3 is 4.74 Å². The van der Waals surface area contributed by atoms with Gasteiger partial charge in [0.2, 0.25) is 5.82 Å². The summed E-state index contributed by atoms with van der Waals surface area (Å²) in [4.78, 5) is 21.0. The number of carbonyl (C=O) groups excluding carboxylic acids is 1. The molecular formula is C14H16FNO4. The topological polar surface area (TPSA) is 69.4 Å². The Balaban J connectivity index is 1.96. The molecule has 0 aromatic heterocycles. The van der Waals surface area contributed by atoms with E-state index in [9.17, 15) is 19.3 Å². The van der Waals surface area contributed by atoms with Crippen LogP contribution in [0.15, 0.2) is 18.2 Å². The smallest absolute Gasteiger partial charge is 0.305 e. The number of nitrogens with zero attached hydrogens (tertiary/aromatic N) is 1. The van der Waals surface area contributed by atoms with Crippen LogP contribution in [0.2, 0.25) is 0 Å². The third-order valence-corrected chi connectivity index (χ3v) is 3.67. The fourth-order valence-corrected chi connectivity index (χ4v) is 2.49. The lowest BCUT2D eigenvalue weighted by Crippen LogP contribution is -2.27. The van der Waals surface area contributed by atoms with Gasteiger partial charge in [-0.05, 0) is 38.7 Å². The van der Waals surface area contributed by atoms with Crippen molar-refractivity contribution in [3.63, 3.8) is 0 Å². The summed E-state index contributed by atoms with van der Waals surface area (Å²) in [5.41, 5.74) is -0.558. The number of rotatable bonds is 4. The van der Waals surface area contributed by atoms with Crippen molar-refractivity contribution in [3.05, 3.63) is 34.1 Å². The summed E-state index contributed by atoms with van der Waals surface area (Å²) in [6.07, 6.45) is 2.96. The van der Waals surface area contributed by atoms with Gasteiger partial charge in [-0.25, -0.2) is 0 Å². The monoisotopic (exact) mass is 281 g/mol. The Kier molecular flexibility index (Phi) is 4.32. The molecule has 0 amide bonds. The predicted octanol–water partition coefficient (Wildman–Crippen LogP) is 3.26. The van der Waals surface area contributed by atoms with E-state index in [1.165, 1.54) is 6.07 Å². The Hall–Kier alpha value is -1.98. The molecule has 1 saturated carbocycles. The van der Waals surface area contributed by atoms with Gasteiger partial charge in [-0.2, -0.15) is 4.39 Å². The van der Waals surface area contributed by atoms with E-state index in [1.807, 2.05) is 0 Å². The molecule has 1 aromatic rings. The van der Waals surface area contributed by atoms with Gasteiger partial charge in [-0.1, -0.05) is 0 Å². The molecule has 2 rings (SSSR count). The quantitative estimate of drug-likeness (QED) is 0.627. The van der Waals surface area contributed by atoms with Crippen molar-refractivity contribution in [3.8, 4) is 5.75 Å². The molecule has 108 valence electrons. The summed E-state index contributed by atoms with van der Waals surface area (Å²) in [5, 5.41) is 10.5. The van der Waals surface area contributed by atoms with E-state index < -0.39 is 16.4 Å². The van der Waals surface area contributed by atoms with Crippen molar-refractivity contribution in [1.29, 1.82) is 0 Å². The van der Waals surface area contributed by atoms with Crippen LogP contribution in [0.4, 0.5) is 10.1 Å². The van der Waals surface area contributed by atoms with Crippen LogP contribution in [0.5, 0.6) is 5.75 Å². The molecule has 0 radical (unpaired) electrons. The first-order valence-electron chi connectivity index (χ1n) is 6.58. The van der Waals surface area contributed by atoms with Crippen molar-refractivity contribution in [2.24, 2.45) is 5.92 Å². The number of hydrogen-bond acceptors (Lipinski definition) is 4. The standard InChI is InChI=1S/C14H16FNO4/c1-9(17)10-2-4-11(5-3-10)20-12-6-7-14(16(18)19)13(15)8-12/h6-8,10-11H,2-5H2,1H3. The van der Waals surface area contributed by atoms with Gasteiger partial charge in [-0.15, -0.1) is 0 Å². The van der Waals surface area contributed by atoms with Crippen molar-refractivity contribution < 1.29 is 18.8 Å². The molecule has 0 heterocycles. The van der Waals surface area contributed by atoms with Crippen LogP contribution in [0.25, 0.3) is 0 Å². The molecule has 1 fully saturated rings. The van der Waals surface area contributed by atoms with Crippen molar-refractivity contribution in [2.75, 3.05) is 0 Å². The molecule has 0 saturated heterocycles. The lowest BCUT2D eigenvalue weighted by molar-refractivity contribution is -0.387. The maximum Gasteiger partial charge on any atom is 0.305 e. The number of nitro groups is 1. The van der Waals surface area contributed by atoms with Gasteiger partial charge in [0.1, 0.15) is 11.5 Å². The van der Waals surface area contributed by atoms with E-state index in [2.05, 4.69) is 0 Å². The molecule has 20 heavy (non-hydrogen) atoms. The molecule has 0 bridgehead atoms. The third-order valence-electron chi connectivity index (χ3n) is 3.67. The number of Topliss-reactive ketones (excluding diaryl/α,β-unsaturated/α-hetero) is 1. The molecule has 1 aliphatic carbocycles. The van der Waals surface area contributed by atoms with E-state index in [4.69, 9.17) is 4.74 Å². The minimum Gasteiger partial charge on any atom is -0.490 e. The summed E-state index contributed by atoms with van der Waals surface area (Å²) in [7, 11) is 0. The van der Waals surface area contributed by atoms with Crippen molar-refractivity contribution >= 4 is 11.5 Å². The summed E-state index contributed by atoms with van der Waals surface area (Å²) in [6, 6.07) is 3.54. The van der Waals surface area contributed by atoms with Crippen LogP contribution in [-0.2, 0) is 4.79 Å². The summed E-state index contributed by atoms with van der Waals surface area (Å²) in [6.45, 7) is 1.59. The minimum absolute atomic E-state index is 0.0635. The number of ketones is 1. The van der Waals surface area contributed by atoms with Gasteiger partial charge in [0, 0.05) is 18.1 Å². The fraction of sp³-hybridized carbons (Fsp3) is 0.500. The zero-order valence-electron chi connectivity index (χ0n) is 11.2. The normalized spacial score (nSPS) is 22.3. The van der Waals surface area contributed by atoms with Crippen LogP contribution in [0, 0.1) is 21.8 Å². The second kappa shape index (κ2) is 5.98. The van der Waals surface area contributed by atoms with Gasteiger partial charge in [0.05, 0.1) is 11.0 Å². The van der Waals surface area contributed by atoms with E-state index in [1.54, 1.807) is 6.92 Å². The number of hydrogen-bond donors (Lipinski definition) is 0. The van der Waals surface area contributed by atoms with Crippen molar-refractivity contribution in [2.45, 2.75) is 38.7 Å². The molecular weight excluding hydrogens is 265 g/mol. The molecule has 0 aliphatic heterocycles. The Morgan fingerprint density at radius 3 is 2.50 bits per heavy atom. The Bertz CT molecular complexity index is 524. The Morgan fingerprint density at radius 2 is 2.00 bits per heavy atom. The Labute approximate surface area is 115 Å². The molecule has 1 aliphatic rings. The summed E-state index contributed by atoms with van der Waals surface area (Å²) in [5.74, 6) is -0.308. The highest BCUT2D eigenvalue weighted by atomic mass is 19.1. The van der Waals surface area contributed by atoms with Crippen LogP contribution >= 0.6 is 0 Å². The first-order valence-corrected chi connectivity index (χ1v) is 6.58. The number of ether oxygens (including phenoxy) is 1. The third kappa shape index (κ3) is 3.31. The average Bonchev–Trinajstić information content (AvgIpc) is 2.39. The number of benzene rings is 1. The first-order chi connectivity index (χ1) is 9.47. The molecule has 0 spiro atoms. The van der Waals surface area contributed by atoms with Crippen LogP contribution in [0.3, 0.4) is 0 Å². The summed E-state index contributed by atoms with van der Waals surface area (Å²) >= 11 is 0. The second-order valence-electron chi connectivity index (χ2n) is 5.07. The molecule has 0 N–H and O–H groups in total. The predicted molar refractivity (Wildman–Crippen MR) is 70.1 cm³/mol. The summed E-state index contributed by atoms with van der Waals surface area (Å²) < 4.78 is 19.1. The van der Waals surface area contributed by atoms with E-state index in [0.717, 1.165) is 37.8 Å². The van der Waals surface area contributed by atoms with Gasteiger partial charge >= 0.3 is 5.69 Å². The Morgan fingerprint density at radius 1 is 1.35 bits per heavy atom. The number of nitro benzene ring substituents is 1.